The molecule has 27 heavy (non-hydrogen) atoms. The number of carbonyl (C=O) groups excluding carboxylic acids is 1. The number of hydrogen-bond donors (Lipinski definition) is 0. The number of benzene rings is 2. The first-order valence-electron chi connectivity index (χ1n) is 8.30. The lowest BCUT2D eigenvalue weighted by atomic mass is 9.98. The summed E-state index contributed by atoms with van der Waals surface area (Å²) in [5, 5.41) is 9.69. The molecular weight excluding hydrogens is 367 g/mol. The molecule has 3 aromatic rings. The van der Waals surface area contributed by atoms with Crippen LogP contribution in [0.2, 0.25) is 5.15 Å². The Bertz CT molecular complexity index is 1050. The third-order valence-electron chi connectivity index (χ3n) is 4.26. The van der Waals surface area contributed by atoms with Crippen molar-refractivity contribution in [2.75, 3.05) is 6.61 Å². The monoisotopic (exact) mass is 382 g/mol. The van der Waals surface area contributed by atoms with Gasteiger partial charge in [0.2, 0.25) is 0 Å². The number of nitrogens with zero attached hydrogens (tertiary/aromatic N) is 2. The molecule has 0 spiro atoms. The smallest absolute Gasteiger partial charge is 0.355 e. The number of nitriles is 1. The van der Waals surface area contributed by atoms with Gasteiger partial charge in [-0.15, -0.1) is 0 Å². The molecule has 0 atom stereocenters. The first-order valence-corrected chi connectivity index (χ1v) is 8.68. The lowest BCUT2D eigenvalue weighted by Crippen LogP contribution is -2.11. The molecule has 2 aromatic carbocycles. The van der Waals surface area contributed by atoms with Crippen molar-refractivity contribution < 1.29 is 13.9 Å². The Hall–Kier alpha value is -3.10. The van der Waals surface area contributed by atoms with Gasteiger partial charge in [-0.25, -0.2) is 9.18 Å². The Balaban J connectivity index is 2.14. The molecule has 3 rings (SSSR count). The van der Waals surface area contributed by atoms with E-state index in [0.29, 0.717) is 22.3 Å². The third kappa shape index (κ3) is 3.32. The standard InChI is InChI=1S/C21H16ClFN2O2/c1-3-27-21(26)19-18(16(12-24)20(22)25(19)2)14-10-8-13(9-11-14)15-6-4-5-7-17(15)23/h4-11H,3H2,1-2H3. The van der Waals surface area contributed by atoms with E-state index in [9.17, 15) is 14.4 Å². The Morgan fingerprint density at radius 2 is 1.81 bits per heavy atom. The summed E-state index contributed by atoms with van der Waals surface area (Å²) in [4.78, 5) is 12.4. The largest absolute Gasteiger partial charge is 0.461 e. The predicted octanol–water partition coefficient (Wildman–Crippen LogP) is 5.20. The summed E-state index contributed by atoms with van der Waals surface area (Å²) in [5.74, 6) is -0.880. The van der Waals surface area contributed by atoms with Gasteiger partial charge in [0.1, 0.15) is 22.7 Å². The van der Waals surface area contributed by atoms with Crippen LogP contribution in [0.5, 0.6) is 0 Å². The first-order chi connectivity index (χ1) is 13.0. The van der Waals surface area contributed by atoms with Gasteiger partial charge in [-0.2, -0.15) is 5.26 Å². The van der Waals surface area contributed by atoms with Crippen molar-refractivity contribution in [2.24, 2.45) is 7.05 Å². The van der Waals surface area contributed by atoms with E-state index in [-0.39, 0.29) is 28.8 Å². The lowest BCUT2D eigenvalue weighted by Gasteiger charge is -2.09. The topological polar surface area (TPSA) is 55.0 Å². The van der Waals surface area contributed by atoms with Crippen LogP contribution >= 0.6 is 11.6 Å². The molecule has 1 heterocycles. The molecule has 4 nitrogen and oxygen atoms in total. The summed E-state index contributed by atoms with van der Waals surface area (Å²) in [6.07, 6.45) is 0. The van der Waals surface area contributed by atoms with Crippen LogP contribution in [0.3, 0.4) is 0 Å². The number of carbonyl (C=O) groups is 1. The first kappa shape index (κ1) is 18.7. The summed E-state index contributed by atoms with van der Waals surface area (Å²) in [6, 6.07) is 15.5. The van der Waals surface area contributed by atoms with Crippen LogP contribution in [0, 0.1) is 17.1 Å². The van der Waals surface area contributed by atoms with Crippen molar-refractivity contribution in [1.82, 2.24) is 4.57 Å². The summed E-state index contributed by atoms with van der Waals surface area (Å²) >= 11 is 6.24. The molecule has 1 aromatic heterocycles. The lowest BCUT2D eigenvalue weighted by molar-refractivity contribution is 0.0516. The second-order valence-corrected chi connectivity index (χ2v) is 6.20. The van der Waals surface area contributed by atoms with Crippen molar-refractivity contribution in [1.29, 1.82) is 5.26 Å². The molecule has 0 aliphatic heterocycles. The Kier molecular flexibility index (Phi) is 5.29. The van der Waals surface area contributed by atoms with Gasteiger partial charge in [-0.05, 0) is 24.1 Å². The molecule has 0 aliphatic carbocycles. The highest BCUT2D eigenvalue weighted by Gasteiger charge is 2.26. The van der Waals surface area contributed by atoms with Crippen LogP contribution in [0.4, 0.5) is 4.39 Å². The van der Waals surface area contributed by atoms with Crippen LogP contribution in [-0.2, 0) is 11.8 Å². The van der Waals surface area contributed by atoms with Gasteiger partial charge < -0.3 is 9.30 Å². The van der Waals surface area contributed by atoms with Crippen LogP contribution in [0.1, 0.15) is 23.0 Å². The van der Waals surface area contributed by atoms with Gasteiger partial charge >= 0.3 is 5.97 Å². The fourth-order valence-corrected chi connectivity index (χ4v) is 3.21. The minimum atomic E-state index is -0.559. The number of halogens is 2. The average Bonchev–Trinajstić information content (AvgIpc) is 2.93. The molecular formula is C21H16ClFN2O2. The van der Waals surface area contributed by atoms with Gasteiger partial charge in [0.25, 0.3) is 0 Å². The van der Waals surface area contributed by atoms with E-state index in [1.54, 1.807) is 56.4 Å². The van der Waals surface area contributed by atoms with Crippen LogP contribution in [-0.4, -0.2) is 17.1 Å². The van der Waals surface area contributed by atoms with Crippen molar-refractivity contribution in [2.45, 2.75) is 6.92 Å². The molecule has 0 unspecified atom stereocenters. The maximum Gasteiger partial charge on any atom is 0.355 e. The zero-order chi connectivity index (χ0) is 19.6. The van der Waals surface area contributed by atoms with E-state index < -0.39 is 5.97 Å². The van der Waals surface area contributed by atoms with Crippen LogP contribution < -0.4 is 0 Å². The number of esters is 1. The second kappa shape index (κ2) is 7.65. The fourth-order valence-electron chi connectivity index (χ4n) is 2.99. The Morgan fingerprint density at radius 3 is 2.41 bits per heavy atom. The molecule has 0 amide bonds. The number of rotatable bonds is 4. The zero-order valence-electron chi connectivity index (χ0n) is 14.8. The average molecular weight is 383 g/mol. The highest BCUT2D eigenvalue weighted by molar-refractivity contribution is 6.32. The van der Waals surface area contributed by atoms with E-state index in [1.165, 1.54) is 10.6 Å². The molecule has 0 saturated carbocycles. The number of hydrogen-bond acceptors (Lipinski definition) is 3. The quantitative estimate of drug-likeness (QED) is 0.583. The van der Waals surface area contributed by atoms with Gasteiger partial charge in [0, 0.05) is 18.2 Å². The normalized spacial score (nSPS) is 10.5. The number of aromatic nitrogens is 1. The summed E-state index contributed by atoms with van der Waals surface area (Å²) in [7, 11) is 1.60. The van der Waals surface area contributed by atoms with E-state index in [2.05, 4.69) is 6.07 Å². The van der Waals surface area contributed by atoms with Crippen molar-refractivity contribution in [3.05, 3.63) is 70.8 Å². The highest BCUT2D eigenvalue weighted by atomic mass is 35.5. The molecule has 0 saturated heterocycles. The van der Waals surface area contributed by atoms with E-state index in [4.69, 9.17) is 16.3 Å². The molecule has 6 heteroatoms. The SMILES string of the molecule is CCOC(=O)c1c(-c2ccc(-c3ccccc3F)cc2)c(C#N)c(Cl)n1C. The molecule has 0 radical (unpaired) electrons. The maximum absolute atomic E-state index is 14.0. The van der Waals surface area contributed by atoms with E-state index in [1.807, 2.05) is 0 Å². The molecule has 136 valence electrons. The summed E-state index contributed by atoms with van der Waals surface area (Å²) < 4.78 is 20.6. The third-order valence-corrected chi connectivity index (χ3v) is 4.70. The minimum Gasteiger partial charge on any atom is -0.461 e. The van der Waals surface area contributed by atoms with Gasteiger partial charge in [-0.1, -0.05) is 54.1 Å². The van der Waals surface area contributed by atoms with Gasteiger partial charge in [-0.3, -0.25) is 0 Å². The van der Waals surface area contributed by atoms with E-state index >= 15 is 0 Å². The minimum absolute atomic E-state index is 0.161. The maximum atomic E-state index is 14.0. The van der Waals surface area contributed by atoms with Gasteiger partial charge in [0.05, 0.1) is 12.2 Å². The zero-order valence-corrected chi connectivity index (χ0v) is 15.5. The second-order valence-electron chi connectivity index (χ2n) is 5.84. The Labute approximate surface area is 161 Å². The molecule has 0 fully saturated rings. The van der Waals surface area contributed by atoms with Crippen LogP contribution in [0.15, 0.2) is 48.5 Å². The highest BCUT2D eigenvalue weighted by Crippen LogP contribution is 2.36. The van der Waals surface area contributed by atoms with Crippen molar-refractivity contribution in [3.8, 4) is 28.3 Å². The number of ether oxygens (including phenoxy) is 1. The predicted molar refractivity (Wildman–Crippen MR) is 102 cm³/mol. The van der Waals surface area contributed by atoms with Crippen molar-refractivity contribution in [3.63, 3.8) is 0 Å². The fraction of sp³-hybridized carbons (Fsp3) is 0.143. The van der Waals surface area contributed by atoms with Crippen molar-refractivity contribution >= 4 is 17.6 Å². The summed E-state index contributed by atoms with van der Waals surface area (Å²) in [5.41, 5.74) is 2.59. The summed E-state index contributed by atoms with van der Waals surface area (Å²) in [6.45, 7) is 1.91. The van der Waals surface area contributed by atoms with Gasteiger partial charge in [0.15, 0.2) is 0 Å². The van der Waals surface area contributed by atoms with Crippen LogP contribution in [0.25, 0.3) is 22.3 Å². The Morgan fingerprint density at radius 1 is 1.19 bits per heavy atom. The molecule has 0 N–H and O–H groups in total. The molecule has 0 bridgehead atoms. The van der Waals surface area contributed by atoms with E-state index in [0.717, 1.165) is 0 Å². The molecule has 0 aliphatic rings.